The van der Waals surface area contributed by atoms with E-state index in [-0.39, 0.29) is 36.3 Å². The molecule has 1 aliphatic rings. The van der Waals surface area contributed by atoms with Gasteiger partial charge in [-0.05, 0) is 89.6 Å². The molecule has 45 heavy (non-hydrogen) atoms. The van der Waals surface area contributed by atoms with Crippen LogP contribution in [-0.2, 0) is 20.7 Å². The zero-order valence-electron chi connectivity index (χ0n) is 25.7. The van der Waals surface area contributed by atoms with Crippen LogP contribution in [0.3, 0.4) is 0 Å². The number of rotatable bonds is 9. The minimum Gasteiger partial charge on any atom is -0.444 e. The van der Waals surface area contributed by atoms with E-state index in [9.17, 15) is 22.8 Å². The van der Waals surface area contributed by atoms with Gasteiger partial charge in [0, 0.05) is 17.5 Å². The number of pyridine rings is 1. The fraction of sp³-hybridized carbons (Fsp3) is 0.394. The Balaban J connectivity index is 1.61. The van der Waals surface area contributed by atoms with E-state index in [1.165, 1.54) is 23.2 Å². The van der Waals surface area contributed by atoms with Crippen LogP contribution in [0.5, 0.6) is 0 Å². The standard InChI is InChI=1S/C33H36F4N4O4/c1-32(2,3)45-31(43)41-24(18-44-33(41,4)5)11-12-25-26(37)16-39-17-27(25)40-30(42)29(38-6)28(19-7-9-21(34)10-8-19)20-13-22(35)15-23(36)14-20/h7-10,13-17,24,28-29H,6,11-12,18H2,1-5H3,(H,40,42)/t24-,28?,29-/m0/s1. The summed E-state index contributed by atoms with van der Waals surface area (Å²) in [6.45, 7) is 12.4. The van der Waals surface area contributed by atoms with Gasteiger partial charge in [-0.1, -0.05) is 12.1 Å². The van der Waals surface area contributed by atoms with Crippen molar-refractivity contribution < 1.29 is 36.6 Å². The maximum absolute atomic E-state index is 15.2. The van der Waals surface area contributed by atoms with Crippen LogP contribution in [0.4, 0.5) is 28.0 Å². The lowest BCUT2D eigenvalue weighted by Gasteiger charge is -2.35. The largest absolute Gasteiger partial charge is 0.444 e. The number of hydrogen-bond donors (Lipinski definition) is 1. The van der Waals surface area contributed by atoms with Gasteiger partial charge in [-0.2, -0.15) is 0 Å². The lowest BCUT2D eigenvalue weighted by Crippen LogP contribution is -2.50. The van der Waals surface area contributed by atoms with Crippen molar-refractivity contribution in [3.8, 4) is 0 Å². The molecule has 240 valence electrons. The van der Waals surface area contributed by atoms with Gasteiger partial charge < -0.3 is 14.8 Å². The number of aromatic nitrogens is 1. The molecular formula is C33H36F4N4O4. The number of nitrogens with zero attached hydrogens (tertiary/aromatic N) is 3. The summed E-state index contributed by atoms with van der Waals surface area (Å²) >= 11 is 0. The lowest BCUT2D eigenvalue weighted by atomic mass is 9.84. The van der Waals surface area contributed by atoms with E-state index < -0.39 is 64.6 Å². The molecule has 1 saturated heterocycles. The molecule has 2 amide bonds. The van der Waals surface area contributed by atoms with Crippen LogP contribution in [-0.4, -0.2) is 58.6 Å². The number of nitrogens with one attached hydrogen (secondary N) is 1. The number of hydrogen-bond acceptors (Lipinski definition) is 6. The summed E-state index contributed by atoms with van der Waals surface area (Å²) in [5, 5.41) is 2.65. The number of amides is 2. The lowest BCUT2D eigenvalue weighted by molar-refractivity contribution is -0.117. The van der Waals surface area contributed by atoms with Gasteiger partial charge in [0.1, 0.15) is 40.6 Å². The topological polar surface area (TPSA) is 93.1 Å². The second kappa shape index (κ2) is 13.4. The van der Waals surface area contributed by atoms with Gasteiger partial charge >= 0.3 is 6.09 Å². The van der Waals surface area contributed by atoms with Gasteiger partial charge in [-0.3, -0.25) is 19.7 Å². The summed E-state index contributed by atoms with van der Waals surface area (Å²) in [5.74, 6) is -4.84. The molecule has 1 aliphatic heterocycles. The first-order valence-corrected chi connectivity index (χ1v) is 14.4. The van der Waals surface area contributed by atoms with Gasteiger partial charge in [0.05, 0.1) is 30.7 Å². The maximum atomic E-state index is 15.2. The number of ether oxygens (including phenoxy) is 2. The summed E-state index contributed by atoms with van der Waals surface area (Å²) in [5.41, 5.74) is -1.14. The Bertz CT molecular complexity index is 1540. The van der Waals surface area contributed by atoms with Crippen LogP contribution < -0.4 is 5.32 Å². The summed E-state index contributed by atoms with van der Waals surface area (Å²) in [7, 11) is 0. The van der Waals surface area contributed by atoms with E-state index in [4.69, 9.17) is 9.47 Å². The average Bonchev–Trinajstić information content (AvgIpc) is 3.24. The van der Waals surface area contributed by atoms with Crippen molar-refractivity contribution in [1.29, 1.82) is 0 Å². The quantitative estimate of drug-likeness (QED) is 0.208. The molecule has 1 unspecified atom stereocenters. The molecule has 2 heterocycles. The molecule has 2 aromatic carbocycles. The second-order valence-corrected chi connectivity index (χ2v) is 12.3. The predicted octanol–water partition coefficient (Wildman–Crippen LogP) is 6.78. The molecule has 1 aromatic heterocycles. The predicted molar refractivity (Wildman–Crippen MR) is 161 cm³/mol. The Morgan fingerprint density at radius 3 is 2.31 bits per heavy atom. The zero-order valence-corrected chi connectivity index (χ0v) is 25.7. The zero-order chi connectivity index (χ0) is 33.1. The molecule has 8 nitrogen and oxygen atoms in total. The van der Waals surface area contributed by atoms with E-state index in [0.717, 1.165) is 30.5 Å². The fourth-order valence-electron chi connectivity index (χ4n) is 5.44. The van der Waals surface area contributed by atoms with Crippen molar-refractivity contribution in [2.45, 2.75) is 76.8 Å². The van der Waals surface area contributed by atoms with Gasteiger partial charge in [0.2, 0.25) is 5.91 Å². The first kappa shape index (κ1) is 33.6. The first-order chi connectivity index (χ1) is 21.1. The number of halogens is 4. The molecule has 0 radical (unpaired) electrons. The van der Waals surface area contributed by atoms with Crippen LogP contribution in [0.15, 0.2) is 59.9 Å². The van der Waals surface area contributed by atoms with Gasteiger partial charge in [-0.25, -0.2) is 22.4 Å². The Labute approximate surface area is 259 Å². The Kier molecular flexibility index (Phi) is 9.96. The third kappa shape index (κ3) is 8.05. The van der Waals surface area contributed by atoms with Crippen LogP contribution in [0.1, 0.15) is 63.6 Å². The van der Waals surface area contributed by atoms with Crippen molar-refractivity contribution >= 4 is 24.4 Å². The van der Waals surface area contributed by atoms with E-state index in [0.29, 0.717) is 11.6 Å². The monoisotopic (exact) mass is 628 g/mol. The van der Waals surface area contributed by atoms with E-state index >= 15 is 4.39 Å². The summed E-state index contributed by atoms with van der Waals surface area (Å²) in [6.07, 6.45) is 2.05. The third-order valence-corrected chi connectivity index (χ3v) is 7.41. The first-order valence-electron chi connectivity index (χ1n) is 14.4. The van der Waals surface area contributed by atoms with E-state index in [1.807, 2.05) is 0 Å². The van der Waals surface area contributed by atoms with Crippen molar-refractivity contribution in [3.05, 3.63) is 94.8 Å². The molecule has 3 aromatic rings. The number of carbonyl (C=O) groups excluding carboxylic acids is 2. The molecule has 0 bridgehead atoms. The highest BCUT2D eigenvalue weighted by Crippen LogP contribution is 2.34. The molecule has 4 rings (SSSR count). The molecule has 0 saturated carbocycles. The maximum Gasteiger partial charge on any atom is 0.412 e. The SMILES string of the molecule is C=N[C@H](C(=O)Nc1cncc(F)c1CC[C@H]1COC(C)(C)N1C(=O)OC(C)(C)C)C(c1ccc(F)cc1)c1cc(F)cc(F)c1. The second-order valence-electron chi connectivity index (χ2n) is 12.3. The molecule has 1 N–H and O–H groups in total. The third-order valence-electron chi connectivity index (χ3n) is 7.41. The number of anilines is 1. The number of aliphatic imine (C=N–C) groups is 1. The van der Waals surface area contributed by atoms with Crippen molar-refractivity contribution in [2.24, 2.45) is 4.99 Å². The van der Waals surface area contributed by atoms with Crippen molar-refractivity contribution in [2.75, 3.05) is 11.9 Å². The van der Waals surface area contributed by atoms with Gasteiger partial charge in [-0.15, -0.1) is 0 Å². The molecule has 12 heteroatoms. The molecule has 3 atom stereocenters. The Morgan fingerprint density at radius 2 is 1.71 bits per heavy atom. The minimum atomic E-state index is -1.36. The van der Waals surface area contributed by atoms with Crippen molar-refractivity contribution in [1.82, 2.24) is 9.88 Å². The molecule has 1 fully saturated rings. The smallest absolute Gasteiger partial charge is 0.412 e. The van der Waals surface area contributed by atoms with Crippen LogP contribution in [0.25, 0.3) is 0 Å². The number of carbonyl (C=O) groups is 2. The van der Waals surface area contributed by atoms with Crippen LogP contribution in [0.2, 0.25) is 0 Å². The summed E-state index contributed by atoms with van der Waals surface area (Å²) in [6, 6.07) is 6.04. The van der Waals surface area contributed by atoms with Crippen LogP contribution in [0, 0.1) is 23.3 Å². The molecular weight excluding hydrogens is 592 g/mol. The molecule has 0 aliphatic carbocycles. The van der Waals surface area contributed by atoms with Crippen molar-refractivity contribution in [3.63, 3.8) is 0 Å². The minimum absolute atomic E-state index is 0.0407. The summed E-state index contributed by atoms with van der Waals surface area (Å²) < 4.78 is 68.9. The Hall–Kier alpha value is -4.32. The highest BCUT2D eigenvalue weighted by molar-refractivity contribution is 5.97. The van der Waals surface area contributed by atoms with Gasteiger partial charge in [0.15, 0.2) is 0 Å². The molecule has 0 spiro atoms. The normalized spacial score (nSPS) is 17.4. The highest BCUT2D eigenvalue weighted by Gasteiger charge is 2.45. The average molecular weight is 629 g/mol. The number of benzene rings is 2. The van der Waals surface area contributed by atoms with E-state index in [1.54, 1.807) is 34.6 Å². The van der Waals surface area contributed by atoms with Gasteiger partial charge in [0.25, 0.3) is 0 Å². The summed E-state index contributed by atoms with van der Waals surface area (Å²) in [4.78, 5) is 36.1. The Morgan fingerprint density at radius 1 is 1.07 bits per heavy atom. The highest BCUT2D eigenvalue weighted by atomic mass is 19.1. The van der Waals surface area contributed by atoms with E-state index in [2.05, 4.69) is 22.0 Å². The van der Waals surface area contributed by atoms with Crippen LogP contribution >= 0.6 is 0 Å². The fourth-order valence-corrected chi connectivity index (χ4v) is 5.44.